The van der Waals surface area contributed by atoms with Gasteiger partial charge in [0.1, 0.15) is 5.82 Å². The Morgan fingerprint density at radius 1 is 1.15 bits per heavy atom. The number of benzene rings is 1. The zero-order valence-electron chi connectivity index (χ0n) is 11.4. The predicted octanol–water partition coefficient (Wildman–Crippen LogP) is 1.56. The number of nitrogens with two attached hydrogens (primary N) is 2. The number of nitrogens with zero attached hydrogens (tertiary/aromatic N) is 1. The Morgan fingerprint density at radius 2 is 1.80 bits per heavy atom. The largest absolute Gasteiger partial charge is 0.365 e. The molecule has 104 valence electrons. The van der Waals surface area contributed by atoms with Gasteiger partial charge in [0.15, 0.2) is 0 Å². The minimum Gasteiger partial charge on any atom is -0.365 e. The van der Waals surface area contributed by atoms with E-state index in [-0.39, 0.29) is 0 Å². The second-order valence-corrected chi connectivity index (χ2v) is 4.59. The van der Waals surface area contributed by atoms with Crippen LogP contribution in [-0.4, -0.2) is 10.9 Å². The van der Waals surface area contributed by atoms with Gasteiger partial charge in [-0.15, -0.1) is 0 Å². The molecule has 0 saturated heterocycles. The van der Waals surface area contributed by atoms with Gasteiger partial charge in [-0.1, -0.05) is 24.3 Å². The van der Waals surface area contributed by atoms with Crippen molar-refractivity contribution in [3.05, 3.63) is 58.8 Å². The fourth-order valence-electron chi connectivity index (χ4n) is 1.87. The molecule has 0 radical (unpaired) electrons. The standard InChI is InChI=1S/C15H18N4O/c1-10-2-7-13(14(17)20)15(19-10)18-9-12-5-3-11(8-16)4-6-12/h2-7H,8-9,16H2,1H3,(H2,17,20)(H,18,19). The number of rotatable bonds is 5. The molecule has 0 aliphatic heterocycles. The lowest BCUT2D eigenvalue weighted by Crippen LogP contribution is -2.15. The van der Waals surface area contributed by atoms with E-state index in [0.717, 1.165) is 16.8 Å². The maximum atomic E-state index is 11.4. The van der Waals surface area contributed by atoms with E-state index < -0.39 is 5.91 Å². The van der Waals surface area contributed by atoms with Gasteiger partial charge in [0.2, 0.25) is 0 Å². The lowest BCUT2D eigenvalue weighted by atomic mass is 10.1. The molecule has 0 aliphatic rings. The molecule has 0 bridgehead atoms. The van der Waals surface area contributed by atoms with Crippen LogP contribution in [0.3, 0.4) is 0 Å². The monoisotopic (exact) mass is 270 g/mol. The van der Waals surface area contributed by atoms with Crippen LogP contribution in [0.15, 0.2) is 36.4 Å². The van der Waals surface area contributed by atoms with Crippen molar-refractivity contribution < 1.29 is 4.79 Å². The highest BCUT2D eigenvalue weighted by Gasteiger charge is 2.09. The number of nitrogens with one attached hydrogen (secondary N) is 1. The second-order valence-electron chi connectivity index (χ2n) is 4.59. The minimum atomic E-state index is -0.488. The number of pyridine rings is 1. The summed E-state index contributed by atoms with van der Waals surface area (Å²) in [4.78, 5) is 15.7. The average molecular weight is 270 g/mol. The molecule has 2 aromatic rings. The van der Waals surface area contributed by atoms with Crippen LogP contribution >= 0.6 is 0 Å². The molecule has 0 aliphatic carbocycles. The smallest absolute Gasteiger partial charge is 0.252 e. The third kappa shape index (κ3) is 3.33. The first-order valence-electron chi connectivity index (χ1n) is 6.39. The molecule has 1 amide bonds. The Morgan fingerprint density at radius 3 is 2.40 bits per heavy atom. The number of amides is 1. The maximum absolute atomic E-state index is 11.4. The van der Waals surface area contributed by atoms with E-state index in [1.165, 1.54) is 0 Å². The Balaban J connectivity index is 2.13. The second kappa shape index (κ2) is 6.16. The Bertz CT molecular complexity index is 608. The first-order chi connectivity index (χ1) is 9.60. The summed E-state index contributed by atoms with van der Waals surface area (Å²) in [6, 6.07) is 11.4. The summed E-state index contributed by atoms with van der Waals surface area (Å²) in [6.45, 7) is 2.96. The summed E-state index contributed by atoms with van der Waals surface area (Å²) in [5.74, 6) is 0.0267. The molecular formula is C15H18N4O. The highest BCUT2D eigenvalue weighted by molar-refractivity contribution is 5.97. The third-order valence-corrected chi connectivity index (χ3v) is 3.02. The molecule has 0 spiro atoms. The first kappa shape index (κ1) is 14.0. The Kier molecular flexibility index (Phi) is 4.32. The Labute approximate surface area is 118 Å². The van der Waals surface area contributed by atoms with Gasteiger partial charge in [0, 0.05) is 18.8 Å². The zero-order chi connectivity index (χ0) is 14.5. The lowest BCUT2D eigenvalue weighted by Gasteiger charge is -2.10. The number of aromatic nitrogens is 1. The van der Waals surface area contributed by atoms with Crippen LogP contribution < -0.4 is 16.8 Å². The SMILES string of the molecule is Cc1ccc(C(N)=O)c(NCc2ccc(CN)cc2)n1. The van der Waals surface area contributed by atoms with Gasteiger partial charge in [-0.3, -0.25) is 4.79 Å². The fourth-order valence-corrected chi connectivity index (χ4v) is 1.87. The average Bonchev–Trinajstić information content (AvgIpc) is 2.45. The normalized spacial score (nSPS) is 10.3. The van der Waals surface area contributed by atoms with Crippen LogP contribution in [0.5, 0.6) is 0 Å². The van der Waals surface area contributed by atoms with Gasteiger partial charge in [0.05, 0.1) is 5.56 Å². The highest BCUT2D eigenvalue weighted by Crippen LogP contribution is 2.14. The molecule has 0 fully saturated rings. The number of primary amides is 1. The fraction of sp³-hybridized carbons (Fsp3) is 0.200. The van der Waals surface area contributed by atoms with Gasteiger partial charge in [-0.25, -0.2) is 4.98 Å². The maximum Gasteiger partial charge on any atom is 0.252 e. The van der Waals surface area contributed by atoms with Crippen LogP contribution in [0.1, 0.15) is 27.2 Å². The van der Waals surface area contributed by atoms with Gasteiger partial charge in [-0.05, 0) is 30.2 Å². The summed E-state index contributed by atoms with van der Waals surface area (Å²) < 4.78 is 0. The van der Waals surface area contributed by atoms with Crippen LogP contribution in [0, 0.1) is 6.92 Å². The van der Waals surface area contributed by atoms with Crippen molar-refractivity contribution in [1.82, 2.24) is 4.98 Å². The van der Waals surface area contributed by atoms with Crippen LogP contribution in [-0.2, 0) is 13.1 Å². The van der Waals surface area contributed by atoms with Gasteiger partial charge >= 0.3 is 0 Å². The van der Waals surface area contributed by atoms with Crippen molar-refractivity contribution in [2.45, 2.75) is 20.0 Å². The zero-order valence-corrected chi connectivity index (χ0v) is 11.4. The predicted molar refractivity (Wildman–Crippen MR) is 79.2 cm³/mol. The van der Waals surface area contributed by atoms with Crippen molar-refractivity contribution in [3.63, 3.8) is 0 Å². The van der Waals surface area contributed by atoms with E-state index in [2.05, 4.69) is 10.3 Å². The molecule has 20 heavy (non-hydrogen) atoms. The molecule has 0 saturated carbocycles. The van der Waals surface area contributed by atoms with Crippen LogP contribution in [0.2, 0.25) is 0 Å². The molecule has 5 heteroatoms. The van der Waals surface area contributed by atoms with Crippen LogP contribution in [0.25, 0.3) is 0 Å². The van der Waals surface area contributed by atoms with Gasteiger partial charge < -0.3 is 16.8 Å². The van der Waals surface area contributed by atoms with E-state index in [0.29, 0.717) is 24.5 Å². The summed E-state index contributed by atoms with van der Waals surface area (Å²) in [6.07, 6.45) is 0. The van der Waals surface area contributed by atoms with Crippen molar-refractivity contribution in [2.75, 3.05) is 5.32 Å². The van der Waals surface area contributed by atoms with E-state index >= 15 is 0 Å². The highest BCUT2D eigenvalue weighted by atomic mass is 16.1. The molecule has 1 aromatic heterocycles. The summed E-state index contributed by atoms with van der Waals surface area (Å²) >= 11 is 0. The molecule has 0 atom stereocenters. The molecule has 2 rings (SSSR count). The number of aryl methyl sites for hydroxylation is 1. The van der Waals surface area contributed by atoms with Crippen molar-refractivity contribution in [2.24, 2.45) is 11.5 Å². The van der Waals surface area contributed by atoms with Crippen LogP contribution in [0.4, 0.5) is 5.82 Å². The number of carbonyl (C=O) groups is 1. The van der Waals surface area contributed by atoms with Crippen molar-refractivity contribution in [1.29, 1.82) is 0 Å². The van der Waals surface area contributed by atoms with E-state index in [1.54, 1.807) is 12.1 Å². The summed E-state index contributed by atoms with van der Waals surface area (Å²) in [5.41, 5.74) is 14.3. The molecule has 5 nitrogen and oxygen atoms in total. The van der Waals surface area contributed by atoms with Gasteiger partial charge in [0.25, 0.3) is 5.91 Å². The third-order valence-electron chi connectivity index (χ3n) is 3.02. The first-order valence-corrected chi connectivity index (χ1v) is 6.39. The molecule has 1 aromatic carbocycles. The quantitative estimate of drug-likeness (QED) is 0.768. The number of hydrogen-bond acceptors (Lipinski definition) is 4. The molecule has 0 unspecified atom stereocenters. The Hall–Kier alpha value is -2.40. The van der Waals surface area contributed by atoms with E-state index in [1.807, 2.05) is 31.2 Å². The molecule has 1 heterocycles. The van der Waals surface area contributed by atoms with Crippen molar-refractivity contribution >= 4 is 11.7 Å². The van der Waals surface area contributed by atoms with Gasteiger partial charge in [-0.2, -0.15) is 0 Å². The summed E-state index contributed by atoms with van der Waals surface area (Å²) in [5, 5.41) is 3.15. The van der Waals surface area contributed by atoms with Crippen molar-refractivity contribution in [3.8, 4) is 0 Å². The minimum absolute atomic E-state index is 0.397. The molecular weight excluding hydrogens is 252 g/mol. The lowest BCUT2D eigenvalue weighted by molar-refractivity contribution is 0.100. The topological polar surface area (TPSA) is 94.0 Å². The number of hydrogen-bond donors (Lipinski definition) is 3. The van der Waals surface area contributed by atoms with E-state index in [4.69, 9.17) is 11.5 Å². The molecule has 5 N–H and O–H groups in total. The number of anilines is 1. The van der Waals surface area contributed by atoms with E-state index in [9.17, 15) is 4.79 Å². The number of carbonyl (C=O) groups excluding carboxylic acids is 1. The summed E-state index contributed by atoms with van der Waals surface area (Å²) in [7, 11) is 0.